The highest BCUT2D eigenvalue weighted by Crippen LogP contribution is 2.25. The molecule has 0 aliphatic heterocycles. The van der Waals surface area contributed by atoms with Crippen molar-refractivity contribution in [2.45, 2.75) is 39.4 Å². The summed E-state index contributed by atoms with van der Waals surface area (Å²) in [5, 5.41) is 9.30. The highest BCUT2D eigenvalue weighted by molar-refractivity contribution is 9.10. The maximum absolute atomic E-state index is 13.9. The molecule has 3 aromatic rings. The second-order valence-corrected chi connectivity index (χ2v) is 7.63. The minimum absolute atomic E-state index is 0.151. The smallest absolute Gasteiger partial charge is 0.268 e. The molecule has 6 heteroatoms. The molecule has 1 atom stereocenters. The van der Waals surface area contributed by atoms with Crippen LogP contribution in [0.4, 0.5) is 4.39 Å². The lowest BCUT2D eigenvalue weighted by Crippen LogP contribution is -2.28. The zero-order chi connectivity index (χ0) is 21.0. The van der Waals surface area contributed by atoms with Crippen molar-refractivity contribution in [2.75, 3.05) is 0 Å². The monoisotopic (exact) mass is 453 g/mol. The van der Waals surface area contributed by atoms with Gasteiger partial charge in [0.15, 0.2) is 0 Å². The Bertz CT molecular complexity index is 1110. The van der Waals surface area contributed by atoms with Gasteiger partial charge >= 0.3 is 0 Å². The highest BCUT2D eigenvalue weighted by Gasteiger charge is 2.18. The molecule has 0 fully saturated rings. The summed E-state index contributed by atoms with van der Waals surface area (Å²) < 4.78 is 15.6. The van der Waals surface area contributed by atoms with Crippen LogP contribution in [0.1, 0.15) is 49.1 Å². The Balaban J connectivity index is 1.97. The van der Waals surface area contributed by atoms with Gasteiger partial charge in [-0.1, -0.05) is 49.4 Å². The standard InChI is InChI=1S/C23H21BrFN3O/c1-3-6-20-27-22(15(2)25)21(24)23(29)28(20)14-16-9-11-17(12-10-16)19-8-5-4-7-18(19)13-26/h4-5,7-12,15H,3,6,14H2,1-2H3. The highest BCUT2D eigenvalue weighted by atomic mass is 79.9. The van der Waals surface area contributed by atoms with Crippen LogP contribution in [0.15, 0.2) is 57.8 Å². The molecule has 0 aliphatic carbocycles. The van der Waals surface area contributed by atoms with E-state index in [-0.39, 0.29) is 15.7 Å². The van der Waals surface area contributed by atoms with Crippen molar-refractivity contribution in [3.05, 3.63) is 86.0 Å². The first-order valence-electron chi connectivity index (χ1n) is 9.47. The lowest BCUT2D eigenvalue weighted by atomic mass is 9.99. The van der Waals surface area contributed by atoms with E-state index in [9.17, 15) is 14.4 Å². The predicted octanol–water partition coefficient (Wildman–Crippen LogP) is 5.58. The molecule has 4 nitrogen and oxygen atoms in total. The largest absolute Gasteiger partial charge is 0.291 e. The third-order valence-corrected chi connectivity index (χ3v) is 5.47. The number of halogens is 2. The van der Waals surface area contributed by atoms with Crippen molar-refractivity contribution < 1.29 is 4.39 Å². The Morgan fingerprint density at radius 3 is 2.52 bits per heavy atom. The van der Waals surface area contributed by atoms with E-state index in [2.05, 4.69) is 27.0 Å². The SMILES string of the molecule is CCCc1nc(C(C)F)c(Br)c(=O)n1Cc1ccc(-c2ccccc2C#N)cc1. The van der Waals surface area contributed by atoms with Crippen LogP contribution in [0.25, 0.3) is 11.1 Å². The lowest BCUT2D eigenvalue weighted by molar-refractivity contribution is 0.360. The van der Waals surface area contributed by atoms with E-state index in [0.29, 0.717) is 24.4 Å². The first kappa shape index (κ1) is 20.9. The molecule has 3 rings (SSSR count). The zero-order valence-corrected chi connectivity index (χ0v) is 17.9. The van der Waals surface area contributed by atoms with Crippen molar-refractivity contribution in [3.63, 3.8) is 0 Å². The van der Waals surface area contributed by atoms with E-state index < -0.39 is 6.17 Å². The van der Waals surface area contributed by atoms with E-state index in [1.54, 1.807) is 10.6 Å². The Hall–Kier alpha value is -2.78. The average molecular weight is 454 g/mol. The molecule has 148 valence electrons. The topological polar surface area (TPSA) is 58.7 Å². The summed E-state index contributed by atoms with van der Waals surface area (Å²) in [6.45, 7) is 3.73. The number of aryl methyl sites for hydroxylation is 1. The third kappa shape index (κ3) is 4.46. The van der Waals surface area contributed by atoms with E-state index in [4.69, 9.17) is 0 Å². The molecule has 0 radical (unpaired) electrons. The van der Waals surface area contributed by atoms with Crippen LogP contribution >= 0.6 is 15.9 Å². The van der Waals surface area contributed by atoms with Gasteiger partial charge in [0, 0.05) is 6.42 Å². The Morgan fingerprint density at radius 2 is 1.90 bits per heavy atom. The van der Waals surface area contributed by atoms with Gasteiger partial charge in [0.05, 0.1) is 23.9 Å². The first-order valence-corrected chi connectivity index (χ1v) is 10.3. The zero-order valence-electron chi connectivity index (χ0n) is 16.3. The third-order valence-electron chi connectivity index (χ3n) is 4.72. The Labute approximate surface area is 177 Å². The van der Waals surface area contributed by atoms with Gasteiger partial charge in [-0.2, -0.15) is 5.26 Å². The van der Waals surface area contributed by atoms with Crippen LogP contribution in [-0.2, 0) is 13.0 Å². The number of benzene rings is 2. The van der Waals surface area contributed by atoms with Gasteiger partial charge in [0.1, 0.15) is 16.5 Å². The average Bonchev–Trinajstić information content (AvgIpc) is 2.73. The van der Waals surface area contributed by atoms with Crippen LogP contribution in [0.2, 0.25) is 0 Å². The van der Waals surface area contributed by atoms with Crippen molar-refractivity contribution in [1.82, 2.24) is 9.55 Å². The summed E-state index contributed by atoms with van der Waals surface area (Å²) in [5.74, 6) is 0.583. The molecule has 0 saturated heterocycles. The van der Waals surface area contributed by atoms with Crippen LogP contribution in [0, 0.1) is 11.3 Å². The molecule has 0 aliphatic rings. The van der Waals surface area contributed by atoms with Crippen molar-refractivity contribution in [1.29, 1.82) is 5.26 Å². The molecule has 29 heavy (non-hydrogen) atoms. The van der Waals surface area contributed by atoms with Crippen molar-refractivity contribution >= 4 is 15.9 Å². The number of nitrogens with zero attached hydrogens (tertiary/aromatic N) is 3. The summed E-state index contributed by atoms with van der Waals surface area (Å²) in [4.78, 5) is 17.3. The molecule has 0 saturated carbocycles. The van der Waals surface area contributed by atoms with Gasteiger partial charge < -0.3 is 0 Å². The molecular formula is C23H21BrFN3O. The van der Waals surface area contributed by atoms with Crippen LogP contribution in [-0.4, -0.2) is 9.55 Å². The van der Waals surface area contributed by atoms with Gasteiger partial charge in [0.25, 0.3) is 5.56 Å². The van der Waals surface area contributed by atoms with Gasteiger partial charge in [-0.05, 0) is 52.0 Å². The summed E-state index contributed by atoms with van der Waals surface area (Å²) in [6.07, 6.45) is 0.0790. The normalized spacial score (nSPS) is 11.8. The van der Waals surface area contributed by atoms with E-state index in [0.717, 1.165) is 23.1 Å². The predicted molar refractivity (Wildman–Crippen MR) is 115 cm³/mol. The quantitative estimate of drug-likeness (QED) is 0.489. The summed E-state index contributed by atoms with van der Waals surface area (Å²) in [6, 6.07) is 17.4. The van der Waals surface area contributed by atoms with E-state index in [1.165, 1.54) is 6.92 Å². The Kier molecular flexibility index (Phi) is 6.60. The fourth-order valence-electron chi connectivity index (χ4n) is 3.24. The summed E-state index contributed by atoms with van der Waals surface area (Å²) >= 11 is 3.22. The van der Waals surface area contributed by atoms with Crippen LogP contribution in [0.3, 0.4) is 0 Å². The number of rotatable bonds is 6. The molecule has 0 spiro atoms. The maximum atomic E-state index is 13.9. The van der Waals surface area contributed by atoms with E-state index >= 15 is 0 Å². The molecule has 0 bridgehead atoms. The molecule has 0 N–H and O–H groups in total. The Morgan fingerprint density at radius 1 is 1.21 bits per heavy atom. The number of aromatic nitrogens is 2. The van der Waals surface area contributed by atoms with E-state index in [1.807, 2.05) is 49.4 Å². The van der Waals surface area contributed by atoms with Crippen molar-refractivity contribution in [3.8, 4) is 17.2 Å². The van der Waals surface area contributed by atoms with Crippen molar-refractivity contribution in [2.24, 2.45) is 0 Å². The minimum Gasteiger partial charge on any atom is -0.291 e. The number of hydrogen-bond donors (Lipinski definition) is 0. The van der Waals surface area contributed by atoms with Gasteiger partial charge in [-0.15, -0.1) is 0 Å². The molecule has 1 aromatic heterocycles. The number of hydrogen-bond acceptors (Lipinski definition) is 3. The second-order valence-electron chi connectivity index (χ2n) is 6.84. The number of alkyl halides is 1. The fraction of sp³-hybridized carbons (Fsp3) is 0.261. The molecular weight excluding hydrogens is 433 g/mol. The molecule has 0 amide bonds. The second kappa shape index (κ2) is 9.15. The number of nitriles is 1. The molecule has 1 unspecified atom stereocenters. The molecule has 1 heterocycles. The summed E-state index contributed by atoms with van der Waals surface area (Å²) in [7, 11) is 0. The van der Waals surface area contributed by atoms with Gasteiger partial charge in [-0.25, -0.2) is 9.37 Å². The van der Waals surface area contributed by atoms with Gasteiger partial charge in [0.2, 0.25) is 0 Å². The fourth-order valence-corrected chi connectivity index (χ4v) is 3.86. The summed E-state index contributed by atoms with van der Waals surface area (Å²) in [5.41, 5.74) is 3.23. The van der Waals surface area contributed by atoms with Crippen LogP contribution < -0.4 is 5.56 Å². The lowest BCUT2D eigenvalue weighted by Gasteiger charge is -2.16. The molecule has 2 aromatic carbocycles. The minimum atomic E-state index is -1.32. The first-order chi connectivity index (χ1) is 14.0. The van der Waals surface area contributed by atoms with Crippen LogP contribution in [0.5, 0.6) is 0 Å². The maximum Gasteiger partial charge on any atom is 0.268 e. The van der Waals surface area contributed by atoms with Gasteiger partial charge in [-0.3, -0.25) is 9.36 Å².